The number of rotatable bonds is 3. The van der Waals surface area contributed by atoms with Crippen molar-refractivity contribution >= 4 is 0 Å². The van der Waals surface area contributed by atoms with Gasteiger partial charge in [-0.05, 0) is 12.5 Å². The van der Waals surface area contributed by atoms with Crippen LogP contribution in [0.4, 0.5) is 0 Å². The maximum Gasteiger partial charge on any atom is 0.330 e. The molecule has 9 nitrogen and oxygen atoms in total. The van der Waals surface area contributed by atoms with Gasteiger partial charge in [-0.1, -0.05) is 5.11 Å². The Morgan fingerprint density at radius 1 is 1.74 bits per heavy atom. The third kappa shape index (κ3) is 2.68. The van der Waals surface area contributed by atoms with Gasteiger partial charge in [0.2, 0.25) is 0 Å². The van der Waals surface area contributed by atoms with Crippen LogP contribution in [0.3, 0.4) is 0 Å². The molecule has 2 rings (SSSR count). The molecule has 0 bridgehead atoms. The molecule has 1 fully saturated rings. The van der Waals surface area contributed by atoms with Crippen LogP contribution >= 0.6 is 0 Å². The fourth-order valence-electron chi connectivity index (χ4n) is 1.95. The maximum absolute atomic E-state index is 11.7. The van der Waals surface area contributed by atoms with Gasteiger partial charge in [0.25, 0.3) is 5.56 Å². The van der Waals surface area contributed by atoms with E-state index in [4.69, 9.17) is 10.3 Å². The van der Waals surface area contributed by atoms with Crippen molar-refractivity contribution < 1.29 is 9.84 Å². The van der Waals surface area contributed by atoms with E-state index in [0.29, 0.717) is 5.56 Å². The number of aliphatic hydroxyl groups is 1. The number of H-pyrrole nitrogens is 1. The van der Waals surface area contributed by atoms with Gasteiger partial charge in [0.05, 0.1) is 18.8 Å². The summed E-state index contributed by atoms with van der Waals surface area (Å²) in [6, 6.07) is 0. The SMILES string of the molecule is Cc1cn([C@H]2C[C@@](O)(CN=[N+]=[N-])CO2)c(=O)[nH]c1=O. The second-order valence-corrected chi connectivity index (χ2v) is 4.56. The van der Waals surface area contributed by atoms with E-state index in [0.717, 1.165) is 0 Å². The van der Waals surface area contributed by atoms with E-state index in [9.17, 15) is 14.7 Å². The zero-order valence-electron chi connectivity index (χ0n) is 10.2. The van der Waals surface area contributed by atoms with Crippen LogP contribution in [0.5, 0.6) is 0 Å². The number of nitrogens with one attached hydrogen (secondary N) is 1. The molecule has 1 saturated heterocycles. The molecule has 0 radical (unpaired) electrons. The molecule has 2 heterocycles. The molecule has 0 saturated carbocycles. The molecule has 2 atom stereocenters. The summed E-state index contributed by atoms with van der Waals surface area (Å²) in [7, 11) is 0. The number of aromatic amines is 1. The van der Waals surface area contributed by atoms with Crippen molar-refractivity contribution in [1.82, 2.24) is 9.55 Å². The van der Waals surface area contributed by atoms with Crippen LogP contribution in [0, 0.1) is 6.92 Å². The van der Waals surface area contributed by atoms with Crippen LogP contribution in [0.1, 0.15) is 18.2 Å². The normalized spacial score (nSPS) is 26.1. The number of hydrogen-bond acceptors (Lipinski definition) is 5. The molecule has 0 amide bonds. The molecule has 1 aromatic rings. The third-order valence-electron chi connectivity index (χ3n) is 2.98. The monoisotopic (exact) mass is 267 g/mol. The Kier molecular flexibility index (Phi) is 3.43. The highest BCUT2D eigenvalue weighted by molar-refractivity contribution is 5.02. The first-order valence-electron chi connectivity index (χ1n) is 5.62. The van der Waals surface area contributed by atoms with Crippen molar-refractivity contribution in [3.8, 4) is 0 Å². The van der Waals surface area contributed by atoms with E-state index in [1.165, 1.54) is 10.8 Å². The number of aryl methyl sites for hydroxylation is 1. The predicted octanol–water partition coefficient (Wildman–Crippen LogP) is -0.195. The summed E-state index contributed by atoms with van der Waals surface area (Å²) in [4.78, 5) is 27.7. The highest BCUT2D eigenvalue weighted by Gasteiger charge is 2.39. The van der Waals surface area contributed by atoms with Crippen molar-refractivity contribution in [3.63, 3.8) is 0 Å². The molecule has 9 heteroatoms. The minimum Gasteiger partial charge on any atom is -0.387 e. The van der Waals surface area contributed by atoms with Crippen molar-refractivity contribution in [2.45, 2.75) is 25.2 Å². The van der Waals surface area contributed by atoms with Gasteiger partial charge in [-0.2, -0.15) is 0 Å². The lowest BCUT2D eigenvalue weighted by molar-refractivity contribution is 0.0163. The smallest absolute Gasteiger partial charge is 0.330 e. The predicted molar refractivity (Wildman–Crippen MR) is 64.6 cm³/mol. The fraction of sp³-hybridized carbons (Fsp3) is 0.600. The lowest BCUT2D eigenvalue weighted by Crippen LogP contribution is -2.35. The Balaban J connectivity index is 2.26. The molecule has 1 aliphatic heterocycles. The molecular weight excluding hydrogens is 254 g/mol. The van der Waals surface area contributed by atoms with Crippen LogP contribution < -0.4 is 11.2 Å². The van der Waals surface area contributed by atoms with E-state index in [-0.39, 0.29) is 19.6 Å². The lowest BCUT2D eigenvalue weighted by Gasteiger charge is -2.17. The maximum atomic E-state index is 11.7. The molecule has 1 aromatic heterocycles. The second-order valence-electron chi connectivity index (χ2n) is 4.56. The Morgan fingerprint density at radius 3 is 3.16 bits per heavy atom. The van der Waals surface area contributed by atoms with Gasteiger partial charge in [0.15, 0.2) is 0 Å². The van der Waals surface area contributed by atoms with Crippen molar-refractivity contribution in [1.29, 1.82) is 0 Å². The van der Waals surface area contributed by atoms with Crippen molar-refractivity contribution in [2.24, 2.45) is 5.11 Å². The van der Waals surface area contributed by atoms with Crippen molar-refractivity contribution in [2.75, 3.05) is 13.2 Å². The highest BCUT2D eigenvalue weighted by Crippen LogP contribution is 2.30. The molecule has 0 aliphatic carbocycles. The summed E-state index contributed by atoms with van der Waals surface area (Å²) in [6.07, 6.45) is 0.796. The summed E-state index contributed by atoms with van der Waals surface area (Å²) in [6.45, 7) is 1.40. The molecule has 0 aromatic carbocycles. The molecule has 102 valence electrons. The molecule has 19 heavy (non-hydrogen) atoms. The number of hydrogen-bond donors (Lipinski definition) is 2. The van der Waals surface area contributed by atoms with Gasteiger partial charge >= 0.3 is 5.69 Å². The average Bonchev–Trinajstić information content (AvgIpc) is 2.74. The minimum absolute atomic E-state index is 0.0404. The summed E-state index contributed by atoms with van der Waals surface area (Å²) < 4.78 is 6.55. The van der Waals surface area contributed by atoms with Crippen LogP contribution in [0.25, 0.3) is 10.4 Å². The highest BCUT2D eigenvalue weighted by atomic mass is 16.5. The third-order valence-corrected chi connectivity index (χ3v) is 2.98. The molecule has 1 aliphatic rings. The molecule has 0 spiro atoms. The fourth-order valence-corrected chi connectivity index (χ4v) is 1.95. The Morgan fingerprint density at radius 2 is 2.47 bits per heavy atom. The van der Waals surface area contributed by atoms with Crippen LogP contribution in [0.2, 0.25) is 0 Å². The lowest BCUT2D eigenvalue weighted by atomic mass is 10.0. The number of azide groups is 1. The zero-order valence-corrected chi connectivity index (χ0v) is 10.2. The van der Waals surface area contributed by atoms with Crippen LogP contribution in [0.15, 0.2) is 20.9 Å². The van der Waals surface area contributed by atoms with E-state index in [1.807, 2.05) is 0 Å². The van der Waals surface area contributed by atoms with Gasteiger partial charge in [-0.25, -0.2) is 4.79 Å². The number of nitrogens with zero attached hydrogens (tertiary/aromatic N) is 4. The molecular formula is C10H13N5O4. The van der Waals surface area contributed by atoms with E-state index < -0.39 is 23.1 Å². The molecule has 2 N–H and O–H groups in total. The van der Waals surface area contributed by atoms with Gasteiger partial charge in [0.1, 0.15) is 6.23 Å². The van der Waals surface area contributed by atoms with E-state index in [2.05, 4.69) is 15.0 Å². The van der Waals surface area contributed by atoms with Crippen molar-refractivity contribution in [3.05, 3.63) is 43.0 Å². The van der Waals surface area contributed by atoms with E-state index in [1.54, 1.807) is 6.92 Å². The van der Waals surface area contributed by atoms with E-state index >= 15 is 0 Å². The van der Waals surface area contributed by atoms with Gasteiger partial charge < -0.3 is 9.84 Å². The summed E-state index contributed by atoms with van der Waals surface area (Å²) >= 11 is 0. The Hall–Kier alpha value is -2.09. The summed E-state index contributed by atoms with van der Waals surface area (Å²) in [5.41, 5.74) is 6.27. The van der Waals surface area contributed by atoms with Gasteiger partial charge in [-0.3, -0.25) is 14.3 Å². The standard InChI is InChI=1S/C10H13N5O4/c1-6-3-15(9(17)13-8(6)16)7-2-10(18,5-19-7)4-12-14-11/h3,7,18H,2,4-5H2,1H3,(H,13,16,17)/t7-,10-/m1/s1. The Labute approximate surface area is 107 Å². The second kappa shape index (κ2) is 4.88. The molecule has 0 unspecified atom stereocenters. The first-order valence-corrected chi connectivity index (χ1v) is 5.62. The Bertz CT molecular complexity index is 644. The first kappa shape index (κ1) is 13.3. The van der Waals surface area contributed by atoms with Gasteiger partial charge in [-0.15, -0.1) is 0 Å². The van der Waals surface area contributed by atoms with Crippen LogP contribution in [-0.2, 0) is 4.74 Å². The minimum atomic E-state index is -1.29. The largest absolute Gasteiger partial charge is 0.387 e. The van der Waals surface area contributed by atoms with Gasteiger partial charge in [0, 0.05) is 23.1 Å². The number of aromatic nitrogens is 2. The average molecular weight is 267 g/mol. The summed E-state index contributed by atoms with van der Waals surface area (Å²) in [5.74, 6) is 0. The topological polar surface area (TPSA) is 133 Å². The summed E-state index contributed by atoms with van der Waals surface area (Å²) in [5, 5.41) is 13.4. The first-order chi connectivity index (χ1) is 8.95. The quantitative estimate of drug-likeness (QED) is 0.445. The number of ether oxygens (including phenoxy) is 1. The zero-order chi connectivity index (χ0) is 14.0. The van der Waals surface area contributed by atoms with Crippen LogP contribution in [-0.4, -0.2) is 33.4 Å².